The Morgan fingerprint density at radius 2 is 1.94 bits per heavy atom. The van der Waals surface area contributed by atoms with Crippen LogP contribution in [-0.4, -0.2) is 23.5 Å². The molecule has 100 valence electrons. The van der Waals surface area contributed by atoms with Crippen molar-refractivity contribution in [2.75, 3.05) is 6.54 Å². The van der Waals surface area contributed by atoms with E-state index in [9.17, 15) is 0 Å². The van der Waals surface area contributed by atoms with E-state index in [-0.39, 0.29) is 0 Å². The Balaban J connectivity index is 1.54. The summed E-state index contributed by atoms with van der Waals surface area (Å²) in [5.41, 5.74) is 7.50. The Morgan fingerprint density at radius 3 is 2.56 bits per heavy atom. The van der Waals surface area contributed by atoms with Crippen LogP contribution in [0.15, 0.2) is 16.8 Å². The zero-order valence-corrected chi connectivity index (χ0v) is 11.9. The molecule has 0 spiro atoms. The maximum absolute atomic E-state index is 6.00. The number of hydrogen-bond acceptors (Lipinski definition) is 3. The molecule has 3 rings (SSSR count). The molecule has 2 aliphatic rings. The maximum atomic E-state index is 6.00. The molecule has 3 heteroatoms. The van der Waals surface area contributed by atoms with E-state index in [4.69, 9.17) is 5.73 Å². The predicted molar refractivity (Wildman–Crippen MR) is 77.7 cm³/mol. The molecular formula is C15H24N2S. The third kappa shape index (κ3) is 3.34. The highest BCUT2D eigenvalue weighted by atomic mass is 32.1. The predicted octanol–water partition coefficient (Wildman–Crippen LogP) is 3.23. The smallest absolute Gasteiger partial charge is 0.0245 e. The fraction of sp³-hybridized carbons (Fsp3) is 0.733. The second-order valence-electron chi connectivity index (χ2n) is 6.07. The Kier molecular flexibility index (Phi) is 4.02. The molecule has 2 fully saturated rings. The van der Waals surface area contributed by atoms with Crippen LogP contribution in [0.3, 0.4) is 0 Å². The van der Waals surface area contributed by atoms with Gasteiger partial charge in [0.1, 0.15) is 0 Å². The molecule has 1 aromatic heterocycles. The summed E-state index contributed by atoms with van der Waals surface area (Å²) in [6.45, 7) is 2.46. The van der Waals surface area contributed by atoms with Crippen LogP contribution in [0.1, 0.15) is 44.1 Å². The van der Waals surface area contributed by atoms with Crippen LogP contribution in [0.2, 0.25) is 0 Å². The lowest BCUT2D eigenvalue weighted by molar-refractivity contribution is 0.180. The summed E-state index contributed by atoms with van der Waals surface area (Å²) in [7, 11) is 0. The van der Waals surface area contributed by atoms with Gasteiger partial charge in [-0.15, -0.1) is 0 Å². The fourth-order valence-electron chi connectivity index (χ4n) is 3.10. The lowest BCUT2D eigenvalue weighted by Crippen LogP contribution is -2.35. The summed E-state index contributed by atoms with van der Waals surface area (Å²) < 4.78 is 0. The normalized spacial score (nSPS) is 28.8. The average molecular weight is 264 g/mol. The molecule has 0 atom stereocenters. The van der Waals surface area contributed by atoms with Gasteiger partial charge in [0, 0.05) is 25.2 Å². The van der Waals surface area contributed by atoms with Gasteiger partial charge in [-0.1, -0.05) is 0 Å². The minimum atomic E-state index is 0.479. The van der Waals surface area contributed by atoms with Crippen molar-refractivity contribution in [3.05, 3.63) is 22.4 Å². The van der Waals surface area contributed by atoms with E-state index in [1.807, 2.05) is 11.3 Å². The third-order valence-corrected chi connectivity index (χ3v) is 5.15. The third-order valence-electron chi connectivity index (χ3n) is 4.41. The Bertz CT molecular complexity index is 351. The molecule has 1 aromatic rings. The zero-order chi connectivity index (χ0) is 12.4. The first kappa shape index (κ1) is 12.6. The second-order valence-corrected chi connectivity index (χ2v) is 6.85. The second kappa shape index (κ2) is 5.72. The standard InChI is InChI=1S/C15H24N2S/c16-14-3-1-12(2-4-14)9-17(15-5-6-15)10-13-7-8-18-11-13/h7-8,11-12,14-15H,1-6,9-10,16H2. The van der Waals surface area contributed by atoms with E-state index < -0.39 is 0 Å². The van der Waals surface area contributed by atoms with E-state index in [1.165, 1.54) is 50.6 Å². The van der Waals surface area contributed by atoms with Gasteiger partial charge in [-0.05, 0) is 66.8 Å². The van der Waals surface area contributed by atoms with Crippen LogP contribution in [0.25, 0.3) is 0 Å². The molecule has 0 bridgehead atoms. The number of nitrogens with two attached hydrogens (primary N) is 1. The molecule has 2 saturated carbocycles. The van der Waals surface area contributed by atoms with Gasteiger partial charge >= 0.3 is 0 Å². The van der Waals surface area contributed by atoms with Crippen molar-refractivity contribution in [1.29, 1.82) is 0 Å². The molecule has 2 N–H and O–H groups in total. The van der Waals surface area contributed by atoms with Crippen molar-refractivity contribution in [1.82, 2.24) is 4.90 Å². The lowest BCUT2D eigenvalue weighted by Gasteiger charge is -2.31. The summed E-state index contributed by atoms with van der Waals surface area (Å²) in [5, 5.41) is 4.49. The number of nitrogens with zero attached hydrogens (tertiary/aromatic N) is 1. The quantitative estimate of drug-likeness (QED) is 0.884. The first-order chi connectivity index (χ1) is 8.81. The van der Waals surface area contributed by atoms with Gasteiger partial charge in [-0.3, -0.25) is 4.90 Å². The van der Waals surface area contributed by atoms with Gasteiger partial charge < -0.3 is 5.73 Å². The van der Waals surface area contributed by atoms with Crippen molar-refractivity contribution in [3.8, 4) is 0 Å². The van der Waals surface area contributed by atoms with Crippen LogP contribution < -0.4 is 5.73 Å². The van der Waals surface area contributed by atoms with Crippen LogP contribution in [0, 0.1) is 5.92 Å². The topological polar surface area (TPSA) is 29.3 Å². The Morgan fingerprint density at radius 1 is 1.17 bits per heavy atom. The Labute approximate surface area is 114 Å². The van der Waals surface area contributed by atoms with E-state index in [0.29, 0.717) is 6.04 Å². The molecule has 0 radical (unpaired) electrons. The zero-order valence-electron chi connectivity index (χ0n) is 11.1. The van der Waals surface area contributed by atoms with Crippen LogP contribution in [0.4, 0.5) is 0 Å². The highest BCUT2D eigenvalue weighted by Gasteiger charge is 2.31. The summed E-state index contributed by atoms with van der Waals surface area (Å²) in [4.78, 5) is 2.73. The van der Waals surface area contributed by atoms with Crippen molar-refractivity contribution in [2.45, 2.75) is 57.2 Å². The van der Waals surface area contributed by atoms with Crippen molar-refractivity contribution < 1.29 is 0 Å². The minimum absolute atomic E-state index is 0.479. The van der Waals surface area contributed by atoms with Crippen LogP contribution in [0.5, 0.6) is 0 Å². The summed E-state index contributed by atoms with van der Waals surface area (Å²) in [5.74, 6) is 0.893. The lowest BCUT2D eigenvalue weighted by atomic mass is 9.86. The first-order valence-electron chi connectivity index (χ1n) is 7.32. The van der Waals surface area contributed by atoms with Gasteiger partial charge in [-0.25, -0.2) is 0 Å². The summed E-state index contributed by atoms with van der Waals surface area (Å²) in [6, 6.07) is 3.63. The fourth-order valence-corrected chi connectivity index (χ4v) is 3.76. The molecule has 0 amide bonds. The van der Waals surface area contributed by atoms with Gasteiger partial charge in [0.2, 0.25) is 0 Å². The molecule has 0 unspecified atom stereocenters. The molecule has 18 heavy (non-hydrogen) atoms. The number of hydrogen-bond donors (Lipinski definition) is 1. The summed E-state index contributed by atoms with van der Waals surface area (Å²) in [6.07, 6.45) is 7.98. The SMILES string of the molecule is NC1CCC(CN(Cc2ccsc2)C2CC2)CC1. The van der Waals surface area contributed by atoms with Crippen LogP contribution >= 0.6 is 11.3 Å². The van der Waals surface area contributed by atoms with Crippen LogP contribution in [-0.2, 0) is 6.54 Å². The van der Waals surface area contributed by atoms with E-state index in [2.05, 4.69) is 21.7 Å². The molecule has 2 nitrogen and oxygen atoms in total. The molecule has 0 aliphatic heterocycles. The molecule has 2 aliphatic carbocycles. The van der Waals surface area contributed by atoms with Crippen molar-refractivity contribution in [3.63, 3.8) is 0 Å². The maximum Gasteiger partial charge on any atom is 0.0245 e. The van der Waals surface area contributed by atoms with Crippen molar-refractivity contribution in [2.24, 2.45) is 11.7 Å². The highest BCUT2D eigenvalue weighted by Crippen LogP contribution is 2.32. The first-order valence-corrected chi connectivity index (χ1v) is 8.26. The number of rotatable bonds is 5. The van der Waals surface area contributed by atoms with Crippen molar-refractivity contribution >= 4 is 11.3 Å². The Hall–Kier alpha value is -0.380. The van der Waals surface area contributed by atoms with E-state index in [0.717, 1.165) is 18.5 Å². The van der Waals surface area contributed by atoms with E-state index >= 15 is 0 Å². The van der Waals surface area contributed by atoms with Gasteiger partial charge in [0.05, 0.1) is 0 Å². The van der Waals surface area contributed by atoms with Gasteiger partial charge in [0.15, 0.2) is 0 Å². The minimum Gasteiger partial charge on any atom is -0.328 e. The number of thiophene rings is 1. The molecule has 0 aromatic carbocycles. The molecule has 1 heterocycles. The monoisotopic (exact) mass is 264 g/mol. The van der Waals surface area contributed by atoms with Gasteiger partial charge in [-0.2, -0.15) is 11.3 Å². The molecular weight excluding hydrogens is 240 g/mol. The molecule has 0 saturated heterocycles. The van der Waals surface area contributed by atoms with Gasteiger partial charge in [0.25, 0.3) is 0 Å². The van der Waals surface area contributed by atoms with E-state index in [1.54, 1.807) is 0 Å². The average Bonchev–Trinajstić information content (AvgIpc) is 3.10. The summed E-state index contributed by atoms with van der Waals surface area (Å²) >= 11 is 1.82. The highest BCUT2D eigenvalue weighted by molar-refractivity contribution is 7.07. The largest absolute Gasteiger partial charge is 0.328 e.